The topological polar surface area (TPSA) is 64.2 Å². The Balaban J connectivity index is 1.69. The maximum Gasteiger partial charge on any atom is 0.291 e. The first kappa shape index (κ1) is 18.0. The Bertz CT molecular complexity index is 1210. The number of aromatic nitrogens is 1. The first-order valence-corrected chi connectivity index (χ1v) is 9.24. The molecule has 0 atom stereocenters. The summed E-state index contributed by atoms with van der Waals surface area (Å²) < 4.78 is 7.35. The van der Waals surface area contributed by atoms with Crippen molar-refractivity contribution in [1.82, 2.24) is 4.57 Å². The second-order valence-corrected chi connectivity index (χ2v) is 8.18. The van der Waals surface area contributed by atoms with Gasteiger partial charge in [0, 0.05) is 34.6 Å². The number of nitrogens with one attached hydrogen (secondary N) is 1. The molecule has 5 heteroatoms. The molecule has 0 radical (unpaired) electrons. The summed E-state index contributed by atoms with van der Waals surface area (Å²) in [5.41, 5.74) is 1.18. The number of amides is 1. The van der Waals surface area contributed by atoms with Gasteiger partial charge < -0.3 is 14.3 Å². The zero-order valence-electron chi connectivity index (χ0n) is 16.2. The van der Waals surface area contributed by atoms with Crippen LogP contribution in [0.1, 0.15) is 31.3 Å². The number of carbonyl (C=O) groups is 1. The molecule has 2 aromatic carbocycles. The number of rotatable bonds is 3. The third kappa shape index (κ3) is 3.43. The van der Waals surface area contributed by atoms with E-state index in [-0.39, 0.29) is 22.6 Å². The van der Waals surface area contributed by atoms with Crippen LogP contribution in [0.5, 0.6) is 0 Å². The van der Waals surface area contributed by atoms with Gasteiger partial charge in [0.2, 0.25) is 0 Å². The van der Waals surface area contributed by atoms with Crippen LogP contribution in [-0.4, -0.2) is 10.5 Å². The van der Waals surface area contributed by atoms with Crippen molar-refractivity contribution in [3.05, 3.63) is 76.9 Å². The normalized spacial score (nSPS) is 11.8. The van der Waals surface area contributed by atoms with Crippen LogP contribution >= 0.6 is 0 Å². The number of hydrogen-bond acceptors (Lipinski definition) is 3. The lowest BCUT2D eigenvalue weighted by Crippen LogP contribution is -2.26. The van der Waals surface area contributed by atoms with Crippen LogP contribution in [0.4, 0.5) is 5.69 Å². The van der Waals surface area contributed by atoms with Crippen molar-refractivity contribution in [2.24, 2.45) is 5.41 Å². The highest BCUT2D eigenvalue weighted by atomic mass is 16.3. The van der Waals surface area contributed by atoms with E-state index in [2.05, 4.69) is 26.1 Å². The lowest BCUT2D eigenvalue weighted by atomic mass is 9.96. The number of pyridine rings is 1. The fourth-order valence-corrected chi connectivity index (χ4v) is 3.34. The third-order valence-electron chi connectivity index (χ3n) is 4.56. The number of para-hydroxylation sites is 1. The van der Waals surface area contributed by atoms with Gasteiger partial charge in [-0.1, -0.05) is 45.0 Å². The van der Waals surface area contributed by atoms with E-state index in [4.69, 9.17) is 4.42 Å². The SMILES string of the molecule is CC(C)(C)Cn1ccc2c(NC(=O)c3cc4ccccc4o3)cccc2c1=O. The summed E-state index contributed by atoms with van der Waals surface area (Å²) in [6, 6.07) is 16.4. The summed E-state index contributed by atoms with van der Waals surface area (Å²) in [6.07, 6.45) is 1.78. The van der Waals surface area contributed by atoms with Crippen LogP contribution in [0.2, 0.25) is 0 Å². The Kier molecular flexibility index (Phi) is 4.30. The molecule has 0 saturated carbocycles. The van der Waals surface area contributed by atoms with E-state index >= 15 is 0 Å². The smallest absolute Gasteiger partial charge is 0.291 e. The zero-order chi connectivity index (χ0) is 19.9. The van der Waals surface area contributed by atoms with E-state index in [0.717, 1.165) is 5.39 Å². The number of carbonyl (C=O) groups excluding carboxylic acids is 1. The molecule has 5 nitrogen and oxygen atoms in total. The van der Waals surface area contributed by atoms with Gasteiger partial charge in [-0.25, -0.2) is 0 Å². The van der Waals surface area contributed by atoms with E-state index in [0.29, 0.717) is 28.6 Å². The molecule has 0 aliphatic rings. The minimum absolute atomic E-state index is 0.00930. The Hall–Kier alpha value is -3.34. The Morgan fingerprint density at radius 3 is 2.57 bits per heavy atom. The minimum Gasteiger partial charge on any atom is -0.451 e. The maximum absolute atomic E-state index is 12.9. The fraction of sp³-hybridized carbons (Fsp3) is 0.217. The second-order valence-electron chi connectivity index (χ2n) is 8.18. The van der Waals surface area contributed by atoms with Crippen molar-refractivity contribution in [3.8, 4) is 0 Å². The molecular weight excluding hydrogens is 352 g/mol. The predicted octanol–water partition coefficient (Wildman–Crippen LogP) is 5.05. The first-order valence-electron chi connectivity index (χ1n) is 9.24. The van der Waals surface area contributed by atoms with Gasteiger partial charge >= 0.3 is 0 Å². The molecule has 1 amide bonds. The summed E-state index contributed by atoms with van der Waals surface area (Å²) >= 11 is 0. The molecule has 28 heavy (non-hydrogen) atoms. The van der Waals surface area contributed by atoms with Gasteiger partial charge in [-0.2, -0.15) is 0 Å². The van der Waals surface area contributed by atoms with E-state index < -0.39 is 0 Å². The van der Waals surface area contributed by atoms with E-state index in [1.807, 2.05) is 30.3 Å². The van der Waals surface area contributed by atoms with Gasteiger partial charge in [0.1, 0.15) is 5.58 Å². The van der Waals surface area contributed by atoms with Crippen molar-refractivity contribution in [1.29, 1.82) is 0 Å². The van der Waals surface area contributed by atoms with Crippen LogP contribution in [0, 0.1) is 5.41 Å². The number of benzene rings is 2. The molecular formula is C23H22N2O3. The van der Waals surface area contributed by atoms with Crippen LogP contribution < -0.4 is 10.9 Å². The lowest BCUT2D eigenvalue weighted by Gasteiger charge is -2.20. The predicted molar refractivity (Wildman–Crippen MR) is 112 cm³/mol. The number of hydrogen-bond donors (Lipinski definition) is 1. The summed E-state index contributed by atoms with van der Waals surface area (Å²) in [7, 11) is 0. The standard InChI is InChI=1S/C23H22N2O3/c1-23(2,3)14-25-12-11-16-17(22(25)27)8-6-9-18(16)24-21(26)20-13-15-7-4-5-10-19(15)28-20/h4-13H,14H2,1-3H3,(H,24,26). The van der Waals surface area contributed by atoms with Crippen molar-refractivity contribution in [2.45, 2.75) is 27.3 Å². The van der Waals surface area contributed by atoms with Crippen LogP contribution in [0.25, 0.3) is 21.7 Å². The summed E-state index contributed by atoms with van der Waals surface area (Å²) in [4.78, 5) is 25.5. The zero-order valence-corrected chi connectivity index (χ0v) is 16.2. The minimum atomic E-state index is -0.345. The van der Waals surface area contributed by atoms with E-state index in [1.54, 1.807) is 35.0 Å². The van der Waals surface area contributed by atoms with Gasteiger partial charge in [-0.15, -0.1) is 0 Å². The van der Waals surface area contributed by atoms with Gasteiger partial charge in [-0.05, 0) is 35.7 Å². The van der Waals surface area contributed by atoms with Crippen LogP contribution in [-0.2, 0) is 6.54 Å². The molecule has 4 aromatic rings. The Morgan fingerprint density at radius 1 is 1.04 bits per heavy atom. The van der Waals surface area contributed by atoms with Crippen molar-refractivity contribution in [3.63, 3.8) is 0 Å². The molecule has 0 bridgehead atoms. The van der Waals surface area contributed by atoms with Gasteiger partial charge in [0.05, 0.1) is 0 Å². The van der Waals surface area contributed by atoms with Gasteiger partial charge in [0.15, 0.2) is 5.76 Å². The van der Waals surface area contributed by atoms with Crippen LogP contribution in [0.15, 0.2) is 70.0 Å². The third-order valence-corrected chi connectivity index (χ3v) is 4.56. The Morgan fingerprint density at radius 2 is 1.82 bits per heavy atom. The average Bonchev–Trinajstić information content (AvgIpc) is 3.08. The monoisotopic (exact) mass is 374 g/mol. The fourth-order valence-electron chi connectivity index (χ4n) is 3.34. The van der Waals surface area contributed by atoms with Crippen LogP contribution in [0.3, 0.4) is 0 Å². The number of fused-ring (bicyclic) bond motifs is 2. The summed E-state index contributed by atoms with van der Waals surface area (Å²) in [5.74, 6) is -0.109. The molecule has 142 valence electrons. The first-order chi connectivity index (χ1) is 13.3. The molecule has 4 rings (SSSR count). The number of anilines is 1. The summed E-state index contributed by atoms with van der Waals surface area (Å²) in [6.45, 7) is 6.90. The van der Waals surface area contributed by atoms with Crippen molar-refractivity contribution >= 4 is 33.3 Å². The molecule has 0 fully saturated rings. The lowest BCUT2D eigenvalue weighted by molar-refractivity contribution is 0.0999. The molecule has 0 spiro atoms. The van der Waals surface area contributed by atoms with E-state index in [9.17, 15) is 9.59 Å². The van der Waals surface area contributed by atoms with E-state index in [1.165, 1.54) is 0 Å². The highest BCUT2D eigenvalue weighted by molar-refractivity contribution is 6.09. The number of furan rings is 1. The maximum atomic E-state index is 12.9. The van der Waals surface area contributed by atoms with Crippen molar-refractivity contribution in [2.75, 3.05) is 5.32 Å². The van der Waals surface area contributed by atoms with Crippen molar-refractivity contribution < 1.29 is 9.21 Å². The molecule has 0 aliphatic carbocycles. The average molecular weight is 374 g/mol. The highest BCUT2D eigenvalue weighted by Gasteiger charge is 2.16. The molecule has 0 unspecified atom stereocenters. The molecule has 2 aromatic heterocycles. The molecule has 2 heterocycles. The molecule has 1 N–H and O–H groups in total. The second kappa shape index (κ2) is 6.68. The summed E-state index contributed by atoms with van der Waals surface area (Å²) in [5, 5.41) is 5.04. The van der Waals surface area contributed by atoms with Gasteiger partial charge in [0.25, 0.3) is 11.5 Å². The Labute approximate surface area is 162 Å². The quantitative estimate of drug-likeness (QED) is 0.546. The largest absolute Gasteiger partial charge is 0.451 e. The molecule has 0 saturated heterocycles. The van der Waals surface area contributed by atoms with Gasteiger partial charge in [-0.3, -0.25) is 9.59 Å². The highest BCUT2D eigenvalue weighted by Crippen LogP contribution is 2.24. The number of nitrogens with zero attached hydrogens (tertiary/aromatic N) is 1. The molecule has 0 aliphatic heterocycles.